The zero-order valence-electron chi connectivity index (χ0n) is 10.9. The first-order valence-corrected chi connectivity index (χ1v) is 6.46. The van der Waals surface area contributed by atoms with Crippen LogP contribution < -0.4 is 0 Å². The van der Waals surface area contributed by atoms with E-state index in [0.717, 1.165) is 6.42 Å². The highest BCUT2D eigenvalue weighted by molar-refractivity contribution is 5.88. The lowest BCUT2D eigenvalue weighted by Gasteiger charge is -2.43. The van der Waals surface area contributed by atoms with E-state index in [0.29, 0.717) is 0 Å². The van der Waals surface area contributed by atoms with Crippen molar-refractivity contribution < 1.29 is 4.79 Å². The summed E-state index contributed by atoms with van der Waals surface area (Å²) < 4.78 is 0. The fourth-order valence-corrected chi connectivity index (χ4v) is 2.35. The van der Waals surface area contributed by atoms with Gasteiger partial charge in [-0.25, -0.2) is 0 Å². The Morgan fingerprint density at radius 2 is 2.00 bits per heavy atom. The number of hydrogen-bond acceptors (Lipinski definition) is 1. The predicted octanol–water partition coefficient (Wildman–Crippen LogP) is 3.47. The van der Waals surface area contributed by atoms with Gasteiger partial charge in [-0.05, 0) is 18.9 Å². The molecule has 0 saturated carbocycles. The highest BCUT2D eigenvalue weighted by Crippen LogP contribution is 2.31. The van der Waals surface area contributed by atoms with E-state index in [1.54, 1.807) is 0 Å². The quantitative estimate of drug-likeness (QED) is 0.739. The van der Waals surface area contributed by atoms with E-state index in [9.17, 15) is 4.79 Å². The Hall–Kier alpha value is -1.83. The van der Waals surface area contributed by atoms with Gasteiger partial charge in [0.25, 0.3) is 0 Å². The van der Waals surface area contributed by atoms with Crippen molar-refractivity contribution in [1.29, 1.82) is 0 Å². The van der Waals surface area contributed by atoms with Gasteiger partial charge in [-0.2, -0.15) is 0 Å². The normalized spacial score (nSPS) is 23.9. The number of allylic oxidation sites excluding steroid dienone is 1. The number of carbonyl (C=O) groups is 1. The monoisotopic (exact) mass is 241 g/mol. The second-order valence-corrected chi connectivity index (χ2v) is 4.50. The third-order valence-corrected chi connectivity index (χ3v) is 3.34. The molecule has 1 aromatic carbocycles. The maximum Gasteiger partial charge on any atom is 0.232 e. The van der Waals surface area contributed by atoms with Crippen LogP contribution in [-0.2, 0) is 4.79 Å². The first-order chi connectivity index (χ1) is 8.77. The number of likely N-dealkylation sites (tertiary alicyclic amines) is 1. The molecule has 1 fully saturated rings. The molecule has 0 bridgehead atoms. The van der Waals surface area contributed by atoms with E-state index < -0.39 is 0 Å². The van der Waals surface area contributed by atoms with Crippen LogP contribution in [0.25, 0.3) is 6.08 Å². The van der Waals surface area contributed by atoms with Crippen molar-refractivity contribution in [1.82, 2.24) is 4.90 Å². The summed E-state index contributed by atoms with van der Waals surface area (Å²) in [4.78, 5) is 13.7. The highest BCUT2D eigenvalue weighted by atomic mass is 16.2. The molecule has 94 valence electrons. The number of β-lactam (4-membered cyclic amide) rings is 1. The Bertz CT molecular complexity index is 461. The third kappa shape index (κ3) is 2.37. The van der Waals surface area contributed by atoms with Crippen LogP contribution in [-0.4, -0.2) is 16.8 Å². The van der Waals surface area contributed by atoms with Crippen LogP contribution in [0, 0.1) is 5.92 Å². The molecule has 1 heterocycles. The van der Waals surface area contributed by atoms with Crippen LogP contribution in [0.5, 0.6) is 0 Å². The summed E-state index contributed by atoms with van der Waals surface area (Å²) in [7, 11) is 0. The van der Waals surface area contributed by atoms with Gasteiger partial charge in [0.1, 0.15) is 0 Å². The van der Waals surface area contributed by atoms with Gasteiger partial charge in [0, 0.05) is 6.20 Å². The number of nitrogens with zero attached hydrogens (tertiary/aromatic N) is 1. The topological polar surface area (TPSA) is 20.3 Å². The number of benzene rings is 1. The summed E-state index contributed by atoms with van der Waals surface area (Å²) in [5.74, 6) is 0.375. The average Bonchev–Trinajstić information content (AvgIpc) is 2.41. The van der Waals surface area contributed by atoms with Gasteiger partial charge in [0.2, 0.25) is 5.91 Å². The lowest BCUT2D eigenvalue weighted by molar-refractivity contribution is -0.148. The first-order valence-electron chi connectivity index (χ1n) is 6.46. The molecular formula is C16H19NO. The molecule has 1 aliphatic heterocycles. The van der Waals surface area contributed by atoms with Crippen molar-refractivity contribution in [3.05, 3.63) is 54.2 Å². The summed E-state index contributed by atoms with van der Waals surface area (Å²) in [6, 6.07) is 10.4. The van der Waals surface area contributed by atoms with Crippen molar-refractivity contribution in [2.75, 3.05) is 0 Å². The maximum absolute atomic E-state index is 11.8. The van der Waals surface area contributed by atoms with E-state index in [2.05, 4.69) is 31.2 Å². The fourth-order valence-electron chi connectivity index (χ4n) is 2.35. The number of rotatable bonds is 4. The van der Waals surface area contributed by atoms with Gasteiger partial charge < -0.3 is 4.90 Å². The summed E-state index contributed by atoms with van der Waals surface area (Å²) in [5.41, 5.74) is 1.17. The summed E-state index contributed by atoms with van der Waals surface area (Å²) >= 11 is 0. The average molecular weight is 241 g/mol. The van der Waals surface area contributed by atoms with Crippen LogP contribution in [0.3, 0.4) is 0 Å². The first kappa shape index (κ1) is 12.6. The third-order valence-electron chi connectivity index (χ3n) is 3.34. The van der Waals surface area contributed by atoms with Gasteiger partial charge in [0.15, 0.2) is 0 Å². The van der Waals surface area contributed by atoms with Crippen molar-refractivity contribution in [2.24, 2.45) is 5.92 Å². The van der Waals surface area contributed by atoms with Gasteiger partial charge in [-0.1, -0.05) is 55.5 Å². The zero-order chi connectivity index (χ0) is 13.0. The molecule has 0 aromatic heterocycles. The molecule has 2 nitrogen and oxygen atoms in total. The van der Waals surface area contributed by atoms with Gasteiger partial charge in [-0.15, -0.1) is 0 Å². The molecule has 1 aliphatic rings. The lowest BCUT2D eigenvalue weighted by Crippen LogP contribution is -2.56. The number of carbonyl (C=O) groups excluding carboxylic acids is 1. The standard InChI is InChI=1S/C16H19NO/c1-3-12-17-15(14(4-2)16(17)18)11-10-13-8-6-5-7-9-13/h3,5-12,14-15H,4H2,1-2H3/b11-10+,12-3+/t14-,15-/m1/s1. The summed E-state index contributed by atoms with van der Waals surface area (Å²) in [6.45, 7) is 4.00. The molecular weight excluding hydrogens is 222 g/mol. The van der Waals surface area contributed by atoms with Gasteiger partial charge in [0.05, 0.1) is 12.0 Å². The van der Waals surface area contributed by atoms with Gasteiger partial charge in [-0.3, -0.25) is 4.79 Å². The van der Waals surface area contributed by atoms with E-state index >= 15 is 0 Å². The van der Waals surface area contributed by atoms with Crippen molar-refractivity contribution in [3.63, 3.8) is 0 Å². The van der Waals surface area contributed by atoms with Crippen LogP contribution in [0.4, 0.5) is 0 Å². The molecule has 0 spiro atoms. The van der Waals surface area contributed by atoms with Crippen molar-refractivity contribution in [3.8, 4) is 0 Å². The second-order valence-electron chi connectivity index (χ2n) is 4.50. The molecule has 2 atom stereocenters. The molecule has 0 unspecified atom stereocenters. The smallest absolute Gasteiger partial charge is 0.232 e. The molecule has 1 aromatic rings. The molecule has 0 radical (unpaired) electrons. The zero-order valence-corrected chi connectivity index (χ0v) is 10.9. The second kappa shape index (κ2) is 5.67. The van der Waals surface area contributed by atoms with Crippen molar-refractivity contribution in [2.45, 2.75) is 26.3 Å². The molecule has 2 rings (SSSR count). The fraction of sp³-hybridized carbons (Fsp3) is 0.312. The van der Waals surface area contributed by atoms with E-state index in [4.69, 9.17) is 0 Å². The predicted molar refractivity (Wildman–Crippen MR) is 74.7 cm³/mol. The van der Waals surface area contributed by atoms with Crippen LogP contribution in [0.1, 0.15) is 25.8 Å². The minimum atomic E-state index is 0.140. The Labute approximate surface area is 109 Å². The maximum atomic E-state index is 11.8. The Morgan fingerprint density at radius 3 is 2.61 bits per heavy atom. The Kier molecular flexibility index (Phi) is 3.98. The Morgan fingerprint density at radius 1 is 1.28 bits per heavy atom. The molecule has 1 amide bonds. The van der Waals surface area contributed by atoms with Crippen molar-refractivity contribution >= 4 is 12.0 Å². The molecule has 18 heavy (non-hydrogen) atoms. The van der Waals surface area contributed by atoms with E-state index in [1.165, 1.54) is 5.56 Å². The largest absolute Gasteiger partial charge is 0.311 e. The highest BCUT2D eigenvalue weighted by Gasteiger charge is 2.42. The summed E-state index contributed by atoms with van der Waals surface area (Å²) in [6.07, 6.45) is 8.90. The molecule has 2 heteroatoms. The minimum absolute atomic E-state index is 0.140. The van der Waals surface area contributed by atoms with Gasteiger partial charge >= 0.3 is 0 Å². The molecule has 1 saturated heterocycles. The van der Waals surface area contributed by atoms with E-state index in [1.807, 2.05) is 42.3 Å². The SMILES string of the molecule is C/C=C/N1C(=O)[C@H](CC)[C@H]1/C=C/c1ccccc1. The molecule has 0 aliphatic carbocycles. The van der Waals surface area contributed by atoms with E-state index in [-0.39, 0.29) is 17.9 Å². The van der Waals surface area contributed by atoms with Crippen LogP contribution in [0.2, 0.25) is 0 Å². The van der Waals surface area contributed by atoms with Crippen LogP contribution in [0.15, 0.2) is 48.7 Å². The number of amides is 1. The number of hydrogen-bond donors (Lipinski definition) is 0. The van der Waals surface area contributed by atoms with Crippen LogP contribution >= 0.6 is 0 Å². The summed E-state index contributed by atoms with van der Waals surface area (Å²) in [5, 5.41) is 0. The Balaban J connectivity index is 2.11. The lowest BCUT2D eigenvalue weighted by atomic mass is 9.85. The molecule has 0 N–H and O–H groups in total. The minimum Gasteiger partial charge on any atom is -0.311 e.